The van der Waals surface area contributed by atoms with Crippen molar-refractivity contribution in [3.63, 3.8) is 0 Å². The number of hydrogen-bond acceptors (Lipinski definition) is 4. The molecule has 0 aliphatic carbocycles. The Kier molecular flexibility index (Phi) is 5.96. The molecule has 0 radical (unpaired) electrons. The number of benzene rings is 3. The minimum Gasteiger partial charge on any atom is -0.487 e. The number of carbonyl (C=O) groups is 1. The first-order valence-electron chi connectivity index (χ1n) is 10.7. The molecule has 1 aromatic heterocycles. The van der Waals surface area contributed by atoms with E-state index in [0.29, 0.717) is 45.7 Å². The second-order valence-electron chi connectivity index (χ2n) is 8.69. The molecule has 2 N–H and O–H groups in total. The second kappa shape index (κ2) is 8.80. The molecule has 0 bridgehead atoms. The Morgan fingerprint density at radius 2 is 1.85 bits per heavy atom. The van der Waals surface area contributed by atoms with E-state index in [-0.39, 0.29) is 11.6 Å². The molecule has 34 heavy (non-hydrogen) atoms. The summed E-state index contributed by atoms with van der Waals surface area (Å²) in [4.78, 5) is 18.3. The van der Waals surface area contributed by atoms with Crippen molar-refractivity contribution in [1.29, 1.82) is 0 Å². The lowest BCUT2D eigenvalue weighted by Crippen LogP contribution is -2.29. The highest BCUT2D eigenvalue weighted by Crippen LogP contribution is 2.41. The highest BCUT2D eigenvalue weighted by atomic mass is 79.9. The molecule has 0 saturated heterocycles. The summed E-state index contributed by atoms with van der Waals surface area (Å²) in [6.45, 7) is 4.38. The summed E-state index contributed by atoms with van der Waals surface area (Å²) in [6.07, 6.45) is 0.648. The van der Waals surface area contributed by atoms with E-state index in [1.54, 1.807) is 18.2 Å². The molecule has 174 valence electrons. The largest absolute Gasteiger partial charge is 0.487 e. The van der Waals surface area contributed by atoms with Crippen LogP contribution in [-0.4, -0.2) is 21.2 Å². The van der Waals surface area contributed by atoms with Crippen LogP contribution >= 0.6 is 39.1 Å². The topological polar surface area (TPSA) is 68.2 Å². The maximum atomic E-state index is 13.6. The van der Waals surface area contributed by atoms with Gasteiger partial charge in [-0.25, -0.2) is 14.3 Å². The van der Waals surface area contributed by atoms with E-state index in [4.69, 9.17) is 32.9 Å². The van der Waals surface area contributed by atoms with Gasteiger partial charge in [0.1, 0.15) is 11.4 Å². The zero-order chi connectivity index (χ0) is 24.0. The Hall–Kier alpha value is -2.74. The second-order valence-corrected chi connectivity index (χ2v) is 10.4. The maximum absolute atomic E-state index is 13.6. The highest BCUT2D eigenvalue weighted by Gasteiger charge is 2.34. The molecule has 4 aromatic rings. The minimum absolute atomic E-state index is 0.313. The first kappa shape index (κ1) is 23.0. The van der Waals surface area contributed by atoms with Crippen LogP contribution in [0.3, 0.4) is 0 Å². The lowest BCUT2D eigenvalue weighted by molar-refractivity contribution is 0.138. The molecule has 0 fully saturated rings. The third-order valence-corrected chi connectivity index (χ3v) is 7.06. The van der Waals surface area contributed by atoms with E-state index in [1.165, 1.54) is 4.57 Å². The van der Waals surface area contributed by atoms with Gasteiger partial charge in [0.05, 0.1) is 26.8 Å². The van der Waals surface area contributed by atoms with Crippen LogP contribution in [0.15, 0.2) is 59.1 Å². The SMILES string of the molecule is CC1(C)Cc2c(ccc3nc(Nc4c(Cl)cccc4Cl)n(C(=O)NCc4ccccc4Br)c23)O1. The van der Waals surface area contributed by atoms with Crippen molar-refractivity contribution in [1.82, 2.24) is 14.9 Å². The summed E-state index contributed by atoms with van der Waals surface area (Å²) in [5, 5.41) is 7.04. The fourth-order valence-corrected chi connectivity index (χ4v) is 5.06. The van der Waals surface area contributed by atoms with Crippen molar-refractivity contribution in [3.8, 4) is 5.75 Å². The summed E-state index contributed by atoms with van der Waals surface area (Å²) in [5.41, 5.74) is 3.36. The third kappa shape index (κ3) is 4.24. The van der Waals surface area contributed by atoms with Crippen molar-refractivity contribution in [2.45, 2.75) is 32.4 Å². The van der Waals surface area contributed by atoms with E-state index in [2.05, 4.69) is 26.6 Å². The lowest BCUT2D eigenvalue weighted by atomic mass is 10.0. The summed E-state index contributed by atoms with van der Waals surface area (Å²) in [6, 6.07) is 16.4. The number of rotatable bonds is 4. The number of nitrogens with one attached hydrogen (secondary N) is 2. The zero-order valence-electron chi connectivity index (χ0n) is 18.5. The fourth-order valence-electron chi connectivity index (χ4n) is 4.14. The Morgan fingerprint density at radius 3 is 2.59 bits per heavy atom. The van der Waals surface area contributed by atoms with Crippen LogP contribution in [0.1, 0.15) is 25.0 Å². The van der Waals surface area contributed by atoms with Crippen LogP contribution in [0, 0.1) is 0 Å². The Balaban J connectivity index is 1.61. The summed E-state index contributed by atoms with van der Waals surface area (Å²) in [5.74, 6) is 1.06. The number of para-hydroxylation sites is 1. The van der Waals surface area contributed by atoms with Gasteiger partial charge in [-0.1, -0.05) is 63.4 Å². The Labute approximate surface area is 215 Å². The number of ether oxygens (including phenoxy) is 1. The first-order chi connectivity index (χ1) is 16.2. The van der Waals surface area contributed by atoms with Crippen LogP contribution in [0.4, 0.5) is 16.4 Å². The molecule has 0 unspecified atom stereocenters. The van der Waals surface area contributed by atoms with Gasteiger partial charge >= 0.3 is 6.03 Å². The molecule has 1 aliphatic rings. The number of hydrogen-bond donors (Lipinski definition) is 2. The predicted molar refractivity (Wildman–Crippen MR) is 140 cm³/mol. The van der Waals surface area contributed by atoms with Gasteiger partial charge in [-0.05, 0) is 49.7 Å². The molecule has 1 aliphatic heterocycles. The molecular weight excluding hydrogens is 539 g/mol. The highest BCUT2D eigenvalue weighted by molar-refractivity contribution is 9.10. The smallest absolute Gasteiger partial charge is 0.329 e. The number of fused-ring (bicyclic) bond motifs is 3. The van der Waals surface area contributed by atoms with Crippen molar-refractivity contribution in [3.05, 3.63) is 80.2 Å². The predicted octanol–water partition coefficient (Wildman–Crippen LogP) is 7.32. The lowest BCUT2D eigenvalue weighted by Gasteiger charge is -2.16. The molecule has 2 heterocycles. The van der Waals surface area contributed by atoms with Gasteiger partial charge in [-0.2, -0.15) is 0 Å². The Morgan fingerprint density at radius 1 is 1.12 bits per heavy atom. The normalized spacial score (nSPS) is 14.0. The standard InChI is InChI=1S/C25H21BrCl2N4O2/c1-25(2)12-15-20(34-25)11-10-19-22(15)32(24(33)29-13-14-6-3-4-7-16(14)26)23(30-19)31-21-17(27)8-5-9-18(21)28/h3-11H,12-13H2,1-2H3,(H,29,33)(H,30,31). The number of imidazole rings is 1. The molecule has 0 saturated carbocycles. The third-order valence-electron chi connectivity index (χ3n) is 5.66. The van der Waals surface area contributed by atoms with E-state index >= 15 is 0 Å². The van der Waals surface area contributed by atoms with E-state index < -0.39 is 0 Å². The number of anilines is 2. The van der Waals surface area contributed by atoms with Crippen LogP contribution in [0.25, 0.3) is 11.0 Å². The number of carbonyl (C=O) groups excluding carboxylic acids is 1. The van der Waals surface area contributed by atoms with Gasteiger partial charge in [0, 0.05) is 23.0 Å². The molecule has 5 rings (SSSR count). The van der Waals surface area contributed by atoms with Gasteiger partial charge < -0.3 is 15.4 Å². The van der Waals surface area contributed by atoms with E-state index in [0.717, 1.165) is 21.3 Å². The molecule has 6 nitrogen and oxygen atoms in total. The molecule has 1 amide bonds. The quantitative estimate of drug-likeness (QED) is 0.275. The van der Waals surface area contributed by atoms with Gasteiger partial charge in [0.15, 0.2) is 0 Å². The van der Waals surface area contributed by atoms with E-state index in [1.807, 2.05) is 50.2 Å². The summed E-state index contributed by atoms with van der Waals surface area (Å²) < 4.78 is 8.56. The minimum atomic E-state index is -0.378. The van der Waals surface area contributed by atoms with Crippen LogP contribution in [0.5, 0.6) is 5.75 Å². The molecule has 3 aromatic carbocycles. The monoisotopic (exact) mass is 558 g/mol. The van der Waals surface area contributed by atoms with Gasteiger partial charge in [-0.15, -0.1) is 0 Å². The van der Waals surface area contributed by atoms with Crippen molar-refractivity contribution in [2.75, 3.05) is 5.32 Å². The van der Waals surface area contributed by atoms with Crippen molar-refractivity contribution < 1.29 is 9.53 Å². The van der Waals surface area contributed by atoms with Gasteiger partial charge in [0.25, 0.3) is 0 Å². The fraction of sp³-hybridized carbons (Fsp3) is 0.200. The maximum Gasteiger partial charge on any atom is 0.329 e. The number of amides is 1. The summed E-state index contributed by atoms with van der Waals surface area (Å²) >= 11 is 16.3. The van der Waals surface area contributed by atoms with Crippen molar-refractivity contribution in [2.24, 2.45) is 0 Å². The average Bonchev–Trinajstić information content (AvgIpc) is 3.31. The van der Waals surface area contributed by atoms with Crippen LogP contribution in [0.2, 0.25) is 10.0 Å². The van der Waals surface area contributed by atoms with Gasteiger partial charge in [0.2, 0.25) is 5.95 Å². The van der Waals surface area contributed by atoms with E-state index in [9.17, 15) is 4.79 Å². The number of halogens is 3. The first-order valence-corrected chi connectivity index (χ1v) is 12.2. The Bertz CT molecular complexity index is 1410. The summed E-state index contributed by atoms with van der Waals surface area (Å²) in [7, 11) is 0. The van der Waals surface area contributed by atoms with Crippen molar-refractivity contribution >= 4 is 67.8 Å². The van der Waals surface area contributed by atoms with Crippen LogP contribution in [-0.2, 0) is 13.0 Å². The number of aromatic nitrogens is 2. The zero-order valence-corrected chi connectivity index (χ0v) is 21.6. The molecule has 0 spiro atoms. The molecule has 9 heteroatoms. The molecule has 0 atom stereocenters. The average molecular weight is 560 g/mol. The van der Waals surface area contributed by atoms with Gasteiger partial charge in [-0.3, -0.25) is 0 Å². The van der Waals surface area contributed by atoms with Crippen LogP contribution < -0.4 is 15.4 Å². The number of nitrogens with zero attached hydrogens (tertiary/aromatic N) is 2. The molecular formula is C25H21BrCl2N4O2.